The fourth-order valence-electron chi connectivity index (χ4n) is 7.96. The Morgan fingerprint density at radius 3 is 2.56 bits per heavy atom. The van der Waals surface area contributed by atoms with Crippen molar-refractivity contribution in [2.45, 2.75) is 62.9 Å². The van der Waals surface area contributed by atoms with Gasteiger partial charge in [0.1, 0.15) is 12.2 Å². The highest BCUT2D eigenvalue weighted by Gasteiger charge is 2.53. The molecule has 0 unspecified atom stereocenters. The molecule has 2 N–H and O–H groups in total. The quantitative estimate of drug-likeness (QED) is 0.376. The Hall–Kier alpha value is -3.28. The van der Waals surface area contributed by atoms with Crippen LogP contribution < -0.4 is 10.2 Å². The van der Waals surface area contributed by atoms with E-state index in [2.05, 4.69) is 15.5 Å². The van der Waals surface area contributed by atoms with Crippen molar-refractivity contribution in [3.63, 3.8) is 0 Å². The average Bonchev–Trinajstić information content (AvgIpc) is 3.23. The molecule has 4 aliphatic rings. The van der Waals surface area contributed by atoms with Gasteiger partial charge in [0.2, 0.25) is 0 Å². The zero-order chi connectivity index (χ0) is 30.1. The summed E-state index contributed by atoms with van der Waals surface area (Å²) >= 11 is 0. The van der Waals surface area contributed by atoms with E-state index in [0.29, 0.717) is 42.5 Å². The highest BCUT2D eigenvalue weighted by molar-refractivity contribution is 6.10. The molecule has 3 fully saturated rings. The fraction of sp³-hybridized carbons (Fsp3) is 0.531. The van der Waals surface area contributed by atoms with Crippen LogP contribution in [0.2, 0.25) is 0 Å². The third-order valence-electron chi connectivity index (χ3n) is 10.4. The van der Waals surface area contributed by atoms with Crippen molar-refractivity contribution in [1.82, 2.24) is 20.1 Å². The molecular weight excluding hydrogens is 559 g/mol. The highest BCUT2D eigenvalue weighted by Crippen LogP contribution is 2.59. The maximum atomic E-state index is 14.3. The number of nitrogens with zero attached hydrogens (tertiary/aromatic N) is 4. The minimum Gasteiger partial charge on any atom is -0.396 e. The van der Waals surface area contributed by atoms with Gasteiger partial charge in [-0.3, -0.25) is 4.79 Å². The monoisotopic (exact) mass is 595 g/mol. The van der Waals surface area contributed by atoms with Gasteiger partial charge < -0.3 is 24.6 Å². The van der Waals surface area contributed by atoms with Crippen LogP contribution in [0, 0.1) is 17.3 Å². The molecule has 0 spiro atoms. The van der Waals surface area contributed by atoms with Gasteiger partial charge in [-0.15, -0.1) is 10.2 Å². The molecule has 8 nitrogen and oxygen atoms in total. The van der Waals surface area contributed by atoms with Crippen LogP contribution in [0.5, 0.6) is 0 Å². The van der Waals surface area contributed by atoms with Gasteiger partial charge in [0.25, 0.3) is 5.91 Å². The maximum Gasteiger partial charge on any atom is 0.416 e. The average molecular weight is 596 g/mol. The molecule has 2 aromatic carbocycles. The number of aliphatic hydroxyl groups excluding tert-OH is 1. The molecule has 0 radical (unpaired) electrons. The molecule has 0 saturated heterocycles. The van der Waals surface area contributed by atoms with Crippen LogP contribution in [0.1, 0.15) is 70.5 Å². The first-order valence-electron chi connectivity index (χ1n) is 14.9. The lowest BCUT2D eigenvalue weighted by molar-refractivity contribution is -0.138. The van der Waals surface area contributed by atoms with Crippen LogP contribution in [0.15, 0.2) is 42.7 Å². The van der Waals surface area contributed by atoms with Gasteiger partial charge in [-0.2, -0.15) is 13.2 Å². The van der Waals surface area contributed by atoms with Gasteiger partial charge >= 0.3 is 6.18 Å². The molecule has 2 atom stereocenters. The van der Waals surface area contributed by atoms with E-state index in [4.69, 9.17) is 4.74 Å². The molecule has 1 amide bonds. The minimum atomic E-state index is -4.60. The third kappa shape index (κ3) is 4.76. The summed E-state index contributed by atoms with van der Waals surface area (Å²) in [6.07, 6.45) is 1.58. The molecule has 3 aromatic rings. The molecule has 228 valence electrons. The van der Waals surface area contributed by atoms with Crippen molar-refractivity contribution in [2.75, 3.05) is 25.2 Å². The van der Waals surface area contributed by atoms with E-state index in [1.54, 1.807) is 25.6 Å². The molecule has 3 saturated carbocycles. The first kappa shape index (κ1) is 28.5. The molecule has 1 aliphatic heterocycles. The van der Waals surface area contributed by atoms with E-state index in [9.17, 15) is 23.1 Å². The van der Waals surface area contributed by atoms with E-state index in [0.717, 1.165) is 24.2 Å². The predicted octanol–water partition coefficient (Wildman–Crippen LogP) is 4.59. The first-order valence-corrected chi connectivity index (χ1v) is 14.9. The summed E-state index contributed by atoms with van der Waals surface area (Å²) in [5.41, 5.74) is 0.501. The lowest BCUT2D eigenvalue weighted by Gasteiger charge is -2.46. The van der Waals surface area contributed by atoms with Crippen molar-refractivity contribution < 1.29 is 27.8 Å². The van der Waals surface area contributed by atoms with E-state index in [1.165, 1.54) is 17.4 Å². The number of amides is 1. The predicted molar refractivity (Wildman–Crippen MR) is 152 cm³/mol. The second-order valence-corrected chi connectivity index (χ2v) is 13.1. The number of carbonyl (C=O) groups excluding carboxylic acids is 1. The van der Waals surface area contributed by atoms with Crippen LogP contribution in [-0.2, 0) is 36.5 Å². The molecule has 2 heterocycles. The topological polar surface area (TPSA) is 92.5 Å². The number of fused-ring (bicyclic) bond motifs is 2. The molecule has 11 heteroatoms. The summed E-state index contributed by atoms with van der Waals surface area (Å²) in [6, 6.07) is 10.2. The molecule has 0 bridgehead atoms. The Balaban J connectivity index is 1.16. The van der Waals surface area contributed by atoms with Gasteiger partial charge in [-0.05, 0) is 84.9 Å². The smallest absolute Gasteiger partial charge is 0.396 e. The number of nitrogens with one attached hydrogen (secondary N) is 1. The number of hydrogen-bond acceptors (Lipinski definition) is 6. The minimum absolute atomic E-state index is 0.000433. The number of ether oxygens (including phenoxy) is 1. The Morgan fingerprint density at radius 1 is 1.14 bits per heavy atom. The number of aryl methyl sites for hydroxylation is 1. The number of benzene rings is 2. The van der Waals surface area contributed by atoms with Crippen molar-refractivity contribution in [3.8, 4) is 0 Å². The summed E-state index contributed by atoms with van der Waals surface area (Å²) in [5, 5.41) is 21.8. The van der Waals surface area contributed by atoms with Crippen molar-refractivity contribution in [3.05, 3.63) is 76.4 Å². The number of alkyl halides is 3. The largest absolute Gasteiger partial charge is 0.416 e. The summed E-state index contributed by atoms with van der Waals surface area (Å²) in [5.74, 6) is 1.68. The van der Waals surface area contributed by atoms with Crippen LogP contribution in [0.25, 0.3) is 0 Å². The molecule has 43 heavy (non-hydrogen) atoms. The van der Waals surface area contributed by atoms with Gasteiger partial charge in [0.05, 0.1) is 23.6 Å². The van der Waals surface area contributed by atoms with Crippen molar-refractivity contribution in [1.29, 1.82) is 0 Å². The van der Waals surface area contributed by atoms with E-state index >= 15 is 0 Å². The SMILES string of the molecule is COC1CC(c2cccc(N3Cc4c(cc(CNCC5(CO)C[C@H]6C[C@@H]6C5)cc4C(F)(F)F)C3=O)c2)(c2nncn2C)C1. The molecule has 3 aliphatic carbocycles. The Kier molecular flexibility index (Phi) is 6.72. The molecule has 7 rings (SSSR count). The molecule has 1 aromatic heterocycles. The van der Waals surface area contributed by atoms with Gasteiger partial charge in [-0.1, -0.05) is 12.1 Å². The van der Waals surface area contributed by atoms with E-state index < -0.39 is 23.1 Å². The van der Waals surface area contributed by atoms with E-state index in [1.807, 2.05) is 29.8 Å². The highest BCUT2D eigenvalue weighted by atomic mass is 19.4. The third-order valence-corrected chi connectivity index (χ3v) is 10.4. The van der Waals surface area contributed by atoms with E-state index in [-0.39, 0.29) is 42.3 Å². The Morgan fingerprint density at radius 2 is 1.91 bits per heavy atom. The fourth-order valence-corrected chi connectivity index (χ4v) is 7.96. The van der Waals surface area contributed by atoms with Crippen molar-refractivity contribution >= 4 is 11.6 Å². The number of anilines is 1. The van der Waals surface area contributed by atoms with Gasteiger partial charge in [0, 0.05) is 50.5 Å². The van der Waals surface area contributed by atoms with Gasteiger partial charge in [-0.25, -0.2) is 0 Å². The summed E-state index contributed by atoms with van der Waals surface area (Å²) < 4.78 is 50.5. The van der Waals surface area contributed by atoms with Crippen LogP contribution >= 0.6 is 0 Å². The standard InChI is InChI=1S/C32H36F3N5O3/c1-39-18-37-38-29(39)31(12-24(13-31)43-2)22-4-3-5-23(9-22)40-15-26-25(28(40)42)6-19(7-27(26)32(33,34)35)14-36-16-30(17-41)10-20-8-21(20)11-30/h3-7,9,18,20-21,24,36,41H,8,10-17H2,1-2H3/t20-,21-,24?,31?/m1/s1. The summed E-state index contributed by atoms with van der Waals surface area (Å²) in [7, 11) is 3.55. The maximum absolute atomic E-state index is 14.3. The second kappa shape index (κ2) is 10.1. The Labute approximate surface area is 248 Å². The number of rotatable bonds is 9. The van der Waals surface area contributed by atoms with Crippen LogP contribution in [0.3, 0.4) is 0 Å². The number of aliphatic hydroxyl groups is 1. The van der Waals surface area contributed by atoms with Crippen LogP contribution in [-0.4, -0.2) is 52.1 Å². The summed E-state index contributed by atoms with van der Waals surface area (Å²) in [6.45, 7) is 0.645. The molecular formula is C32H36F3N5O3. The summed E-state index contributed by atoms with van der Waals surface area (Å²) in [4.78, 5) is 15.2. The first-order chi connectivity index (χ1) is 20.6. The zero-order valence-corrected chi connectivity index (χ0v) is 24.3. The van der Waals surface area contributed by atoms with Crippen molar-refractivity contribution in [2.24, 2.45) is 24.3 Å². The number of hydrogen-bond donors (Lipinski definition) is 2. The lowest BCUT2D eigenvalue weighted by atomic mass is 9.62. The van der Waals surface area contributed by atoms with Gasteiger partial charge in [0.15, 0.2) is 0 Å². The number of carbonyl (C=O) groups is 1. The number of methoxy groups -OCH3 is 1. The lowest BCUT2D eigenvalue weighted by Crippen LogP contribution is -2.48. The number of aromatic nitrogens is 3. The second-order valence-electron chi connectivity index (χ2n) is 13.1. The normalized spacial score (nSPS) is 27.3. The number of halogens is 3. The van der Waals surface area contributed by atoms with Crippen LogP contribution in [0.4, 0.5) is 18.9 Å². The Bertz CT molecular complexity index is 1550. The zero-order valence-electron chi connectivity index (χ0n) is 24.3.